The summed E-state index contributed by atoms with van der Waals surface area (Å²) in [5, 5.41) is 9.12. The van der Waals surface area contributed by atoms with Gasteiger partial charge < -0.3 is 9.84 Å². The van der Waals surface area contributed by atoms with Crippen molar-refractivity contribution in [2.24, 2.45) is 5.41 Å². The fourth-order valence-electron chi connectivity index (χ4n) is 3.25. The Hall–Kier alpha value is -0.610. The van der Waals surface area contributed by atoms with E-state index in [1.165, 1.54) is 19.3 Å². The molecule has 0 bridgehead atoms. The van der Waals surface area contributed by atoms with E-state index in [-0.39, 0.29) is 5.41 Å². The van der Waals surface area contributed by atoms with Gasteiger partial charge in [-0.2, -0.15) is 0 Å². The van der Waals surface area contributed by atoms with E-state index in [9.17, 15) is 4.79 Å². The minimum Gasteiger partial charge on any atom is -0.481 e. The van der Waals surface area contributed by atoms with Gasteiger partial charge in [0, 0.05) is 19.6 Å². The highest BCUT2D eigenvalue weighted by molar-refractivity contribution is 5.67. The number of carbonyl (C=O) groups is 1. The van der Waals surface area contributed by atoms with Crippen LogP contribution in [0.15, 0.2) is 0 Å². The molecular weight excluding hydrogens is 218 g/mol. The molecule has 1 N–H and O–H groups in total. The molecule has 0 unspecified atom stereocenters. The van der Waals surface area contributed by atoms with Gasteiger partial charge >= 0.3 is 5.97 Å². The maximum atomic E-state index is 11.1. The molecule has 0 aromatic rings. The lowest BCUT2D eigenvalue weighted by Gasteiger charge is -2.41. The van der Waals surface area contributed by atoms with E-state index in [1.54, 1.807) is 0 Å². The Morgan fingerprint density at radius 1 is 1.18 bits per heavy atom. The summed E-state index contributed by atoms with van der Waals surface area (Å²) in [6, 6.07) is 0. The first-order valence-corrected chi connectivity index (χ1v) is 6.72. The number of nitrogens with zero attached hydrogens (tertiary/aromatic N) is 1. The first-order chi connectivity index (χ1) is 8.20. The van der Waals surface area contributed by atoms with Gasteiger partial charge in [-0.25, -0.2) is 0 Å². The fourth-order valence-corrected chi connectivity index (χ4v) is 3.25. The lowest BCUT2D eigenvalue weighted by Crippen LogP contribution is -2.45. The van der Waals surface area contributed by atoms with Crippen LogP contribution in [0.25, 0.3) is 0 Å². The Kier molecular flexibility index (Phi) is 4.40. The maximum absolute atomic E-state index is 11.1. The van der Waals surface area contributed by atoms with Crippen molar-refractivity contribution in [1.82, 2.24) is 4.90 Å². The monoisotopic (exact) mass is 241 g/mol. The van der Waals surface area contributed by atoms with E-state index in [0.717, 1.165) is 45.7 Å². The number of aliphatic carboxylic acids is 1. The van der Waals surface area contributed by atoms with Gasteiger partial charge in [-0.1, -0.05) is 19.3 Å². The zero-order valence-corrected chi connectivity index (χ0v) is 10.5. The molecule has 0 radical (unpaired) electrons. The molecule has 2 fully saturated rings. The Labute approximate surface area is 103 Å². The molecule has 2 rings (SSSR count). The number of ether oxygens (including phenoxy) is 1. The van der Waals surface area contributed by atoms with Crippen molar-refractivity contribution in [3.8, 4) is 0 Å². The highest BCUT2D eigenvalue weighted by Crippen LogP contribution is 2.40. The topological polar surface area (TPSA) is 49.8 Å². The zero-order chi connectivity index (χ0) is 12.1. The molecule has 1 saturated carbocycles. The summed E-state index contributed by atoms with van der Waals surface area (Å²) in [7, 11) is 0. The minimum atomic E-state index is -0.639. The Balaban J connectivity index is 1.95. The minimum absolute atomic E-state index is 0.0292. The molecule has 0 aromatic heterocycles. The van der Waals surface area contributed by atoms with Crippen molar-refractivity contribution in [2.75, 3.05) is 32.8 Å². The predicted octanol–water partition coefficient (Wildman–Crippen LogP) is 1.74. The molecule has 0 spiro atoms. The van der Waals surface area contributed by atoms with Crippen LogP contribution in [0.2, 0.25) is 0 Å². The number of hydrogen-bond acceptors (Lipinski definition) is 3. The maximum Gasteiger partial charge on any atom is 0.303 e. The van der Waals surface area contributed by atoms with Crippen LogP contribution in [0, 0.1) is 5.41 Å². The normalized spacial score (nSPS) is 25.6. The van der Waals surface area contributed by atoms with Crippen molar-refractivity contribution >= 4 is 5.97 Å². The van der Waals surface area contributed by atoms with Crippen molar-refractivity contribution in [2.45, 2.75) is 38.5 Å². The third-order valence-corrected chi connectivity index (χ3v) is 4.10. The molecule has 1 heterocycles. The van der Waals surface area contributed by atoms with Gasteiger partial charge in [0.05, 0.1) is 19.6 Å². The van der Waals surface area contributed by atoms with Crippen molar-refractivity contribution < 1.29 is 14.6 Å². The molecule has 17 heavy (non-hydrogen) atoms. The second-order valence-electron chi connectivity index (χ2n) is 5.52. The van der Waals surface area contributed by atoms with E-state index in [2.05, 4.69) is 4.90 Å². The number of morpholine rings is 1. The van der Waals surface area contributed by atoms with Crippen molar-refractivity contribution in [3.05, 3.63) is 0 Å². The van der Waals surface area contributed by atoms with Crippen molar-refractivity contribution in [1.29, 1.82) is 0 Å². The number of carboxylic acid groups (broad SMARTS) is 1. The summed E-state index contributed by atoms with van der Waals surface area (Å²) in [5.41, 5.74) is 0.0292. The molecule has 4 heteroatoms. The third-order valence-electron chi connectivity index (χ3n) is 4.10. The Morgan fingerprint density at radius 2 is 1.82 bits per heavy atom. The van der Waals surface area contributed by atoms with Crippen molar-refractivity contribution in [3.63, 3.8) is 0 Å². The third kappa shape index (κ3) is 3.68. The predicted molar refractivity (Wildman–Crippen MR) is 65.0 cm³/mol. The Bertz CT molecular complexity index is 255. The van der Waals surface area contributed by atoms with Crippen LogP contribution in [0.5, 0.6) is 0 Å². The van der Waals surface area contributed by atoms with Gasteiger partial charge in [-0.3, -0.25) is 9.69 Å². The van der Waals surface area contributed by atoms with Crippen LogP contribution >= 0.6 is 0 Å². The van der Waals surface area contributed by atoms with Crippen LogP contribution < -0.4 is 0 Å². The first kappa shape index (κ1) is 12.8. The van der Waals surface area contributed by atoms with E-state index < -0.39 is 5.97 Å². The van der Waals surface area contributed by atoms with E-state index in [0.29, 0.717) is 6.42 Å². The quantitative estimate of drug-likeness (QED) is 0.814. The van der Waals surface area contributed by atoms with Gasteiger partial charge in [0.1, 0.15) is 0 Å². The molecule has 98 valence electrons. The molecule has 2 aliphatic rings. The smallest absolute Gasteiger partial charge is 0.303 e. The lowest BCUT2D eigenvalue weighted by molar-refractivity contribution is -0.141. The summed E-state index contributed by atoms with van der Waals surface area (Å²) in [6.45, 7) is 4.46. The van der Waals surface area contributed by atoms with Crippen LogP contribution in [0.1, 0.15) is 38.5 Å². The average Bonchev–Trinajstić information content (AvgIpc) is 2.30. The molecule has 4 nitrogen and oxygen atoms in total. The van der Waals surface area contributed by atoms with Gasteiger partial charge in [0.15, 0.2) is 0 Å². The van der Waals surface area contributed by atoms with Crippen LogP contribution in [-0.4, -0.2) is 48.8 Å². The highest BCUT2D eigenvalue weighted by Gasteiger charge is 2.36. The molecule has 1 aliphatic carbocycles. The molecule has 0 amide bonds. The van der Waals surface area contributed by atoms with Crippen LogP contribution in [0.4, 0.5) is 0 Å². The molecule has 0 aromatic carbocycles. The summed E-state index contributed by atoms with van der Waals surface area (Å²) >= 11 is 0. The second-order valence-corrected chi connectivity index (χ2v) is 5.52. The highest BCUT2D eigenvalue weighted by atomic mass is 16.5. The van der Waals surface area contributed by atoms with Crippen LogP contribution in [0.3, 0.4) is 0 Å². The van der Waals surface area contributed by atoms with E-state index in [4.69, 9.17) is 9.84 Å². The number of carboxylic acids is 1. The summed E-state index contributed by atoms with van der Waals surface area (Å²) in [6.07, 6.45) is 6.15. The first-order valence-electron chi connectivity index (χ1n) is 6.72. The summed E-state index contributed by atoms with van der Waals surface area (Å²) < 4.78 is 5.34. The van der Waals surface area contributed by atoms with Gasteiger partial charge in [-0.05, 0) is 18.3 Å². The van der Waals surface area contributed by atoms with Gasteiger partial charge in [-0.15, -0.1) is 0 Å². The SMILES string of the molecule is O=C(O)CC1(CN2CCOCC2)CCCCC1. The standard InChI is InChI=1S/C13H23NO3/c15-12(16)10-13(4-2-1-3-5-13)11-14-6-8-17-9-7-14/h1-11H2,(H,15,16). The lowest BCUT2D eigenvalue weighted by atomic mass is 9.71. The molecular formula is C13H23NO3. The fraction of sp³-hybridized carbons (Fsp3) is 0.923. The second kappa shape index (κ2) is 5.83. The number of rotatable bonds is 4. The Morgan fingerprint density at radius 3 is 2.41 bits per heavy atom. The zero-order valence-electron chi connectivity index (χ0n) is 10.5. The van der Waals surface area contributed by atoms with E-state index >= 15 is 0 Å². The van der Waals surface area contributed by atoms with E-state index in [1.807, 2.05) is 0 Å². The molecule has 1 aliphatic heterocycles. The van der Waals surface area contributed by atoms with Crippen LogP contribution in [-0.2, 0) is 9.53 Å². The average molecular weight is 241 g/mol. The molecule has 1 saturated heterocycles. The summed E-state index contributed by atoms with van der Waals surface area (Å²) in [4.78, 5) is 13.5. The largest absolute Gasteiger partial charge is 0.481 e. The van der Waals surface area contributed by atoms with Gasteiger partial charge in [0.25, 0.3) is 0 Å². The number of hydrogen-bond donors (Lipinski definition) is 1. The molecule has 0 atom stereocenters. The summed E-state index contributed by atoms with van der Waals surface area (Å²) in [5.74, 6) is -0.639. The van der Waals surface area contributed by atoms with Gasteiger partial charge in [0.2, 0.25) is 0 Å².